The Bertz CT molecular complexity index is 2170. The van der Waals surface area contributed by atoms with Gasteiger partial charge < -0.3 is 101 Å². The average Bonchev–Trinajstić information content (AvgIpc) is 3.37. The van der Waals surface area contributed by atoms with Gasteiger partial charge in [-0.25, -0.2) is 0 Å². The molecule has 77 heavy (non-hydrogen) atoms. The molecule has 2 rings (SSSR count). The predicted molar refractivity (Wildman–Crippen MR) is 266 cm³/mol. The number of carbonyl (C=O) groups is 11. The van der Waals surface area contributed by atoms with E-state index in [0.29, 0.717) is 12.8 Å². The molecule has 1 fully saturated rings. The second-order valence-corrected chi connectivity index (χ2v) is 18.5. The molecule has 1 aliphatic rings. The predicted octanol–water partition coefficient (Wildman–Crippen LogP) is -7.69. The number of nitrogens with one attached hydrogen (secondary N) is 8. The highest BCUT2D eigenvalue weighted by Crippen LogP contribution is 2.21. The number of benzene rings is 1. The Labute approximate surface area is 442 Å². The Kier molecular flexibility index (Phi) is 29.0. The summed E-state index contributed by atoms with van der Waals surface area (Å²) in [4.78, 5) is 145. The summed E-state index contributed by atoms with van der Waals surface area (Å²) in [6.45, 7) is -1.53. The summed E-state index contributed by atoms with van der Waals surface area (Å²) in [7, 11) is 0. The summed E-state index contributed by atoms with van der Waals surface area (Å²) in [6.07, 6.45) is -5.59. The molecule has 11 amide bonds. The number of hydrogen-bond donors (Lipinski definition) is 19. The highest BCUT2D eigenvalue weighted by molar-refractivity contribution is 6.00. The largest absolute Gasteiger partial charge is 0.508 e. The Morgan fingerprint density at radius 3 is 1.56 bits per heavy atom. The van der Waals surface area contributed by atoms with Crippen molar-refractivity contribution in [3.63, 3.8) is 0 Å². The molecule has 0 saturated carbocycles. The van der Waals surface area contributed by atoms with E-state index in [1.165, 1.54) is 0 Å². The van der Waals surface area contributed by atoms with Crippen LogP contribution in [0.4, 0.5) is 0 Å². The zero-order chi connectivity index (χ0) is 57.9. The van der Waals surface area contributed by atoms with Gasteiger partial charge in [-0.3, -0.25) is 52.7 Å². The van der Waals surface area contributed by atoms with E-state index in [1.807, 2.05) is 21.3 Å². The molecule has 30 nitrogen and oxygen atoms in total. The summed E-state index contributed by atoms with van der Waals surface area (Å²) in [5, 5.41) is 102. The first-order valence-electron chi connectivity index (χ1n) is 25.0. The van der Waals surface area contributed by atoms with E-state index in [0.717, 1.165) is 69.2 Å². The normalized spacial score (nSPS) is 24.0. The first-order valence-corrected chi connectivity index (χ1v) is 25.0. The molecule has 432 valence electrons. The minimum absolute atomic E-state index is 0.00936. The number of nitrogens with two attached hydrogens (primary N) is 3. The number of rotatable bonds is 24. The van der Waals surface area contributed by atoms with Gasteiger partial charge in [-0.2, -0.15) is 0 Å². The molecule has 0 aliphatic carbocycles. The molecule has 0 bridgehead atoms. The zero-order valence-corrected chi connectivity index (χ0v) is 42.6. The number of carbonyl (C=O) groups excluding carboxylic acids is 11. The quantitative estimate of drug-likeness (QED) is 0.0428. The second-order valence-electron chi connectivity index (χ2n) is 18.5. The number of aromatic hydroxyl groups is 1. The van der Waals surface area contributed by atoms with Crippen molar-refractivity contribution in [3.8, 4) is 5.75 Å². The Balaban J connectivity index is 2.68. The third-order valence-electron chi connectivity index (χ3n) is 12.2. The lowest BCUT2D eigenvalue weighted by Gasteiger charge is -2.30. The number of aliphatic hydroxyl groups is 7. The lowest BCUT2D eigenvalue weighted by molar-refractivity contribution is -0.140. The molecule has 1 heterocycles. The van der Waals surface area contributed by atoms with Gasteiger partial charge in [-0.1, -0.05) is 76.8 Å². The number of amides is 11. The van der Waals surface area contributed by atoms with Crippen molar-refractivity contribution in [1.82, 2.24) is 42.5 Å². The van der Waals surface area contributed by atoms with Crippen LogP contribution >= 0.6 is 0 Å². The van der Waals surface area contributed by atoms with Gasteiger partial charge in [0, 0.05) is 12.5 Å². The Morgan fingerprint density at radius 2 is 1.03 bits per heavy atom. The minimum Gasteiger partial charge on any atom is -0.508 e. The van der Waals surface area contributed by atoms with Crippen LogP contribution in [0.5, 0.6) is 5.75 Å². The Morgan fingerprint density at radius 1 is 0.558 bits per heavy atom. The number of hydrogen-bond acceptors (Lipinski definition) is 19. The smallest absolute Gasteiger partial charge is 0.248 e. The van der Waals surface area contributed by atoms with Crippen molar-refractivity contribution in [2.75, 3.05) is 19.8 Å². The molecule has 22 N–H and O–H groups in total. The third-order valence-corrected chi connectivity index (χ3v) is 12.2. The molecular weight excluding hydrogens is 1020 g/mol. The molecule has 12 atom stereocenters. The van der Waals surface area contributed by atoms with Crippen LogP contribution in [0, 0.1) is 0 Å². The van der Waals surface area contributed by atoms with Gasteiger partial charge in [0.05, 0.1) is 44.8 Å². The maximum Gasteiger partial charge on any atom is 0.248 e. The molecular formula is C47H75N11O19. The van der Waals surface area contributed by atoms with Crippen LogP contribution < -0.4 is 59.7 Å². The minimum atomic E-state index is -2.62. The second kappa shape index (κ2) is 33.8. The zero-order valence-electron chi connectivity index (χ0n) is 42.6. The third kappa shape index (κ3) is 23.4. The standard InChI is InChI=1S/C47H75N11O19/c1-2-3-4-5-6-7-8-9-10-11-30(62)39(69)31(63)16-24-17-34(66)54-28(21-59)44(74)57-36(38(68)23-12-14-25(61)15-13-23)47(77)55-26(18-32(48)64)42(72)51-20-35(67)53-27(19-33(49)65)43(73)56-29(22-60)45(75)58-37(46(76)52-24)40(70)41(50)71/h12-15,24,26-31,36-40,59-63,68-70H,2-11,16-22H2,1H3,(H2,48,64)(H2,49,65)(H2,50,71)(H,51,72)(H,52,76)(H,53,67)(H,54,66)(H,55,77)(H,56,73)(H,57,74)(H,58,75)/t24?,26-,27?,28-,29+,30+,31-,36?,37?,38?,39+,40+/m1/s1. The van der Waals surface area contributed by atoms with Crippen LogP contribution in [0.25, 0.3) is 0 Å². The van der Waals surface area contributed by atoms with Crippen molar-refractivity contribution in [2.24, 2.45) is 17.2 Å². The fourth-order valence-electron chi connectivity index (χ4n) is 7.87. The van der Waals surface area contributed by atoms with E-state index in [2.05, 4.69) is 28.2 Å². The Hall–Kier alpha value is -7.09. The average molecular weight is 1100 g/mol. The van der Waals surface area contributed by atoms with Gasteiger partial charge in [0.25, 0.3) is 0 Å². The van der Waals surface area contributed by atoms with E-state index in [1.54, 1.807) is 0 Å². The molecule has 30 heteroatoms. The first-order chi connectivity index (χ1) is 36.3. The fourth-order valence-corrected chi connectivity index (χ4v) is 7.87. The molecule has 5 unspecified atom stereocenters. The topological polar surface area (TPSA) is 524 Å². The molecule has 0 radical (unpaired) electrons. The molecule has 1 aromatic rings. The summed E-state index contributed by atoms with van der Waals surface area (Å²) >= 11 is 0. The van der Waals surface area contributed by atoms with Crippen molar-refractivity contribution in [3.05, 3.63) is 29.8 Å². The number of phenolic OH excluding ortho intramolecular Hbond substituents is 1. The fraction of sp³-hybridized carbons (Fsp3) is 0.638. The summed E-state index contributed by atoms with van der Waals surface area (Å²) < 4.78 is 0. The SMILES string of the molecule is CCCCCCCCCCC[C@H](O)[C@H](O)[C@H](O)CC1CC(=O)N[C@H](CO)C(=O)NC(C(O)c2ccc(O)cc2)C(=O)N[C@H](CC(N)=O)C(=O)NCC(=O)NC(CC(N)=O)C(=O)N[C@@H](CO)C(=O)NC([C@H](O)C(N)=O)C(=O)N1. The number of phenols is 1. The highest BCUT2D eigenvalue weighted by Gasteiger charge is 2.39. The van der Waals surface area contributed by atoms with E-state index in [4.69, 9.17) is 17.2 Å². The van der Waals surface area contributed by atoms with E-state index in [9.17, 15) is 93.6 Å². The van der Waals surface area contributed by atoms with Crippen LogP contribution in [0.2, 0.25) is 0 Å². The monoisotopic (exact) mass is 1100 g/mol. The molecule has 0 aromatic heterocycles. The van der Waals surface area contributed by atoms with E-state index < -0.39 is 183 Å². The lowest BCUT2D eigenvalue weighted by Crippen LogP contribution is -2.63. The van der Waals surface area contributed by atoms with E-state index in [-0.39, 0.29) is 17.7 Å². The molecule has 1 aliphatic heterocycles. The van der Waals surface area contributed by atoms with Crippen LogP contribution in [-0.2, 0) is 52.7 Å². The highest BCUT2D eigenvalue weighted by atomic mass is 16.4. The van der Waals surface area contributed by atoms with Crippen LogP contribution in [0.1, 0.15) is 108 Å². The number of unbranched alkanes of at least 4 members (excludes halogenated alkanes) is 8. The van der Waals surface area contributed by atoms with Gasteiger partial charge in [0.15, 0.2) is 6.10 Å². The molecule has 1 saturated heterocycles. The first kappa shape index (κ1) is 66.0. The van der Waals surface area contributed by atoms with E-state index >= 15 is 0 Å². The molecule has 1 aromatic carbocycles. The molecule has 0 spiro atoms. The van der Waals surface area contributed by atoms with Crippen molar-refractivity contribution < 1.29 is 93.6 Å². The van der Waals surface area contributed by atoms with Gasteiger partial charge in [-0.15, -0.1) is 0 Å². The van der Waals surface area contributed by atoms with Gasteiger partial charge in [0.2, 0.25) is 65.0 Å². The summed E-state index contributed by atoms with van der Waals surface area (Å²) in [5.41, 5.74) is 15.7. The van der Waals surface area contributed by atoms with Crippen LogP contribution in [0.3, 0.4) is 0 Å². The maximum absolute atomic E-state index is 14.0. The van der Waals surface area contributed by atoms with Crippen molar-refractivity contribution >= 4 is 65.0 Å². The number of primary amides is 3. The van der Waals surface area contributed by atoms with Crippen LogP contribution in [-0.4, -0.2) is 192 Å². The number of aliphatic hydroxyl groups excluding tert-OH is 7. The van der Waals surface area contributed by atoms with Gasteiger partial charge >= 0.3 is 0 Å². The summed E-state index contributed by atoms with van der Waals surface area (Å²) in [5.74, 6) is -15.5. The van der Waals surface area contributed by atoms with Gasteiger partial charge in [0.1, 0.15) is 54.2 Å². The summed E-state index contributed by atoms with van der Waals surface area (Å²) in [6, 6.07) is -10.1. The van der Waals surface area contributed by atoms with Crippen molar-refractivity contribution in [1.29, 1.82) is 0 Å². The van der Waals surface area contributed by atoms with Crippen molar-refractivity contribution in [2.45, 2.75) is 170 Å². The van der Waals surface area contributed by atoms with Gasteiger partial charge in [-0.05, 0) is 30.5 Å². The lowest BCUT2D eigenvalue weighted by atomic mass is 9.95. The maximum atomic E-state index is 14.0. The van der Waals surface area contributed by atoms with Crippen LogP contribution in [0.15, 0.2) is 24.3 Å².